The molecule has 0 heterocycles. The van der Waals surface area contributed by atoms with Crippen LogP contribution in [0, 0.1) is 17.2 Å². The number of esters is 1. The summed E-state index contributed by atoms with van der Waals surface area (Å²) in [4.78, 5) is 11.2. The van der Waals surface area contributed by atoms with E-state index in [1.54, 1.807) is 25.1 Å². The summed E-state index contributed by atoms with van der Waals surface area (Å²) in [5, 5.41) is 12.2. The van der Waals surface area contributed by atoms with Crippen molar-refractivity contribution in [2.24, 2.45) is 5.92 Å². The number of halogens is 1. The average molecular weight is 253 g/mol. The van der Waals surface area contributed by atoms with Crippen molar-refractivity contribution in [2.75, 3.05) is 19.0 Å². The smallest absolute Gasteiger partial charge is 0.310 e. The van der Waals surface area contributed by atoms with Crippen LogP contribution in [0.2, 0.25) is 5.02 Å². The molecule has 1 N–H and O–H groups in total. The molecule has 1 aromatic carbocycles. The normalized spacial score (nSPS) is 11.4. The fourth-order valence-electron chi connectivity index (χ4n) is 1.27. The molecule has 0 aliphatic carbocycles. The van der Waals surface area contributed by atoms with Crippen LogP contribution < -0.4 is 5.32 Å². The second kappa shape index (κ2) is 6.12. The molecule has 0 radical (unpaired) electrons. The van der Waals surface area contributed by atoms with E-state index in [2.05, 4.69) is 10.1 Å². The van der Waals surface area contributed by atoms with Crippen LogP contribution in [0.5, 0.6) is 0 Å². The van der Waals surface area contributed by atoms with E-state index in [4.69, 9.17) is 16.9 Å². The predicted molar refractivity (Wildman–Crippen MR) is 65.8 cm³/mol. The van der Waals surface area contributed by atoms with Crippen molar-refractivity contribution in [3.05, 3.63) is 28.8 Å². The first-order chi connectivity index (χ1) is 8.08. The van der Waals surface area contributed by atoms with Crippen LogP contribution in [0.25, 0.3) is 0 Å². The van der Waals surface area contributed by atoms with Crippen LogP contribution in [0.3, 0.4) is 0 Å². The summed E-state index contributed by atoms with van der Waals surface area (Å²) in [7, 11) is 1.36. The molecule has 1 aromatic rings. The van der Waals surface area contributed by atoms with Crippen molar-refractivity contribution in [1.82, 2.24) is 0 Å². The van der Waals surface area contributed by atoms with Crippen LogP contribution in [0.4, 0.5) is 5.69 Å². The minimum absolute atomic E-state index is 0.241. The Kier molecular flexibility index (Phi) is 4.80. The lowest BCUT2D eigenvalue weighted by Gasteiger charge is -2.11. The number of carbonyl (C=O) groups is 1. The number of hydrogen-bond acceptors (Lipinski definition) is 4. The summed E-state index contributed by atoms with van der Waals surface area (Å²) in [5.41, 5.74) is 1.20. The first kappa shape index (κ1) is 13.3. The first-order valence-electron chi connectivity index (χ1n) is 5.09. The quantitative estimate of drug-likeness (QED) is 0.836. The van der Waals surface area contributed by atoms with E-state index in [-0.39, 0.29) is 11.9 Å². The molecule has 4 nitrogen and oxygen atoms in total. The summed E-state index contributed by atoms with van der Waals surface area (Å²) in [6.07, 6.45) is 0. The highest BCUT2D eigenvalue weighted by atomic mass is 35.5. The zero-order chi connectivity index (χ0) is 12.8. The largest absolute Gasteiger partial charge is 0.469 e. The van der Waals surface area contributed by atoms with Crippen molar-refractivity contribution in [3.8, 4) is 6.07 Å². The molecule has 17 heavy (non-hydrogen) atoms. The number of hydrogen-bond donors (Lipinski definition) is 1. The Morgan fingerprint density at radius 2 is 2.35 bits per heavy atom. The van der Waals surface area contributed by atoms with Gasteiger partial charge in [0.05, 0.1) is 23.6 Å². The van der Waals surface area contributed by atoms with E-state index in [0.717, 1.165) is 5.69 Å². The summed E-state index contributed by atoms with van der Waals surface area (Å²) in [6, 6.07) is 7.01. The summed E-state index contributed by atoms with van der Waals surface area (Å²) >= 11 is 5.88. The van der Waals surface area contributed by atoms with E-state index < -0.39 is 0 Å². The molecule has 1 unspecified atom stereocenters. The number of nitriles is 1. The van der Waals surface area contributed by atoms with Gasteiger partial charge in [0.2, 0.25) is 0 Å². The Bertz CT molecular complexity index is 454. The summed E-state index contributed by atoms with van der Waals surface area (Å²) in [5.74, 6) is -0.508. The van der Waals surface area contributed by atoms with Crippen molar-refractivity contribution in [1.29, 1.82) is 5.26 Å². The Morgan fingerprint density at radius 3 is 2.88 bits per heavy atom. The summed E-state index contributed by atoms with van der Waals surface area (Å²) in [6.45, 7) is 2.22. The second-order valence-electron chi connectivity index (χ2n) is 3.61. The maximum absolute atomic E-state index is 11.2. The van der Waals surface area contributed by atoms with Gasteiger partial charge >= 0.3 is 5.97 Å². The third-order valence-corrected chi connectivity index (χ3v) is 2.62. The SMILES string of the molecule is COC(=O)C(C)CNc1ccc(C#N)c(Cl)c1. The van der Waals surface area contributed by atoms with E-state index in [1.807, 2.05) is 6.07 Å². The number of nitrogens with one attached hydrogen (secondary N) is 1. The van der Waals surface area contributed by atoms with Gasteiger partial charge in [0.1, 0.15) is 6.07 Å². The number of benzene rings is 1. The molecule has 0 spiro atoms. The highest BCUT2D eigenvalue weighted by Gasteiger charge is 2.12. The van der Waals surface area contributed by atoms with Crippen molar-refractivity contribution in [3.63, 3.8) is 0 Å². The van der Waals surface area contributed by atoms with Gasteiger partial charge in [-0.15, -0.1) is 0 Å². The number of anilines is 1. The zero-order valence-electron chi connectivity index (χ0n) is 9.66. The fourth-order valence-corrected chi connectivity index (χ4v) is 1.49. The molecule has 1 rings (SSSR count). The predicted octanol–water partition coefficient (Wildman–Crippen LogP) is 2.43. The molecule has 0 saturated carbocycles. The molecular weight excluding hydrogens is 240 g/mol. The molecule has 0 aliphatic heterocycles. The van der Waals surface area contributed by atoms with E-state index in [1.165, 1.54) is 7.11 Å². The molecule has 5 heteroatoms. The van der Waals surface area contributed by atoms with Gasteiger partial charge in [-0.05, 0) is 18.2 Å². The average Bonchev–Trinajstić information content (AvgIpc) is 2.35. The Morgan fingerprint density at radius 1 is 1.65 bits per heavy atom. The van der Waals surface area contributed by atoms with E-state index in [9.17, 15) is 4.79 Å². The Hall–Kier alpha value is -1.73. The lowest BCUT2D eigenvalue weighted by Crippen LogP contribution is -2.21. The lowest BCUT2D eigenvalue weighted by molar-refractivity contribution is -0.144. The molecule has 90 valence electrons. The Balaban J connectivity index is 2.62. The molecule has 0 aliphatic rings. The molecule has 0 bridgehead atoms. The number of methoxy groups -OCH3 is 1. The van der Waals surface area contributed by atoms with Gasteiger partial charge in [0.15, 0.2) is 0 Å². The van der Waals surface area contributed by atoms with Crippen molar-refractivity contribution in [2.45, 2.75) is 6.92 Å². The fraction of sp³-hybridized carbons (Fsp3) is 0.333. The maximum Gasteiger partial charge on any atom is 0.310 e. The Labute approximate surface area is 105 Å². The van der Waals surface area contributed by atoms with Crippen LogP contribution in [-0.2, 0) is 9.53 Å². The third-order valence-electron chi connectivity index (χ3n) is 2.31. The first-order valence-corrected chi connectivity index (χ1v) is 5.47. The molecule has 0 fully saturated rings. The highest BCUT2D eigenvalue weighted by Crippen LogP contribution is 2.20. The van der Waals surface area contributed by atoms with Crippen LogP contribution in [0.1, 0.15) is 12.5 Å². The standard InChI is InChI=1S/C12H13ClN2O2/c1-8(12(16)17-2)7-15-10-4-3-9(6-14)11(13)5-10/h3-5,8,15H,7H2,1-2H3. The number of nitrogens with zero attached hydrogens (tertiary/aromatic N) is 1. The molecule has 0 amide bonds. The second-order valence-corrected chi connectivity index (χ2v) is 4.02. The lowest BCUT2D eigenvalue weighted by atomic mass is 10.1. The molecule has 1 atom stereocenters. The van der Waals surface area contributed by atoms with Gasteiger partial charge in [-0.25, -0.2) is 0 Å². The third kappa shape index (κ3) is 3.65. The number of ether oxygens (including phenoxy) is 1. The van der Waals surface area contributed by atoms with Gasteiger partial charge < -0.3 is 10.1 Å². The van der Waals surface area contributed by atoms with Crippen LogP contribution in [0.15, 0.2) is 18.2 Å². The minimum atomic E-state index is -0.266. The van der Waals surface area contributed by atoms with Gasteiger partial charge in [-0.3, -0.25) is 4.79 Å². The van der Waals surface area contributed by atoms with Crippen molar-refractivity contribution >= 4 is 23.3 Å². The van der Waals surface area contributed by atoms with Crippen LogP contribution in [-0.4, -0.2) is 19.6 Å². The molecular formula is C12H13ClN2O2. The minimum Gasteiger partial charge on any atom is -0.469 e. The highest BCUT2D eigenvalue weighted by molar-refractivity contribution is 6.32. The van der Waals surface area contributed by atoms with Crippen molar-refractivity contribution < 1.29 is 9.53 Å². The van der Waals surface area contributed by atoms with E-state index >= 15 is 0 Å². The van der Waals surface area contributed by atoms with Gasteiger partial charge in [0, 0.05) is 12.2 Å². The van der Waals surface area contributed by atoms with Gasteiger partial charge in [0.25, 0.3) is 0 Å². The summed E-state index contributed by atoms with van der Waals surface area (Å²) < 4.78 is 4.61. The van der Waals surface area contributed by atoms with E-state index in [0.29, 0.717) is 17.1 Å². The number of rotatable bonds is 4. The zero-order valence-corrected chi connectivity index (χ0v) is 10.4. The topological polar surface area (TPSA) is 62.1 Å². The molecule has 0 saturated heterocycles. The van der Waals surface area contributed by atoms with Gasteiger partial charge in [-0.2, -0.15) is 5.26 Å². The number of carbonyl (C=O) groups excluding carboxylic acids is 1. The van der Waals surface area contributed by atoms with Crippen LogP contribution >= 0.6 is 11.6 Å². The van der Waals surface area contributed by atoms with Gasteiger partial charge in [-0.1, -0.05) is 18.5 Å². The molecule has 0 aromatic heterocycles. The monoisotopic (exact) mass is 252 g/mol. The maximum atomic E-state index is 11.2.